The van der Waals surface area contributed by atoms with Crippen molar-refractivity contribution >= 4 is 11.5 Å². The molecule has 0 radical (unpaired) electrons. The SMILES string of the molecule is N#Cc1cc([N+](=O)[O-])c(N)nc1C(F)F. The van der Waals surface area contributed by atoms with Crippen LogP contribution in [0, 0.1) is 21.4 Å². The summed E-state index contributed by atoms with van der Waals surface area (Å²) >= 11 is 0. The Kier molecular flexibility index (Phi) is 2.75. The first-order valence-electron chi connectivity index (χ1n) is 3.60. The van der Waals surface area contributed by atoms with Gasteiger partial charge in [0.2, 0.25) is 5.82 Å². The van der Waals surface area contributed by atoms with Gasteiger partial charge in [0.1, 0.15) is 11.8 Å². The quantitative estimate of drug-likeness (QED) is 0.591. The second-order valence-corrected chi connectivity index (χ2v) is 2.50. The third kappa shape index (κ3) is 1.96. The van der Waals surface area contributed by atoms with Gasteiger partial charge < -0.3 is 5.73 Å². The van der Waals surface area contributed by atoms with E-state index in [1.807, 2.05) is 0 Å². The summed E-state index contributed by atoms with van der Waals surface area (Å²) in [6.07, 6.45) is -3.00. The highest BCUT2D eigenvalue weighted by Gasteiger charge is 2.22. The maximum absolute atomic E-state index is 12.3. The van der Waals surface area contributed by atoms with E-state index in [1.165, 1.54) is 6.07 Å². The van der Waals surface area contributed by atoms with Crippen molar-refractivity contribution in [3.8, 4) is 6.07 Å². The van der Waals surface area contributed by atoms with Crippen LogP contribution < -0.4 is 5.73 Å². The number of nitrogens with zero attached hydrogens (tertiary/aromatic N) is 3. The number of nitrogens with two attached hydrogens (primary N) is 1. The summed E-state index contributed by atoms with van der Waals surface area (Å²) in [5.74, 6) is -0.630. The normalized spacial score (nSPS) is 10.0. The van der Waals surface area contributed by atoms with Crippen molar-refractivity contribution in [1.82, 2.24) is 4.98 Å². The minimum atomic E-state index is -3.00. The van der Waals surface area contributed by atoms with E-state index >= 15 is 0 Å². The lowest BCUT2D eigenvalue weighted by atomic mass is 10.2. The lowest BCUT2D eigenvalue weighted by Crippen LogP contribution is -2.04. The van der Waals surface area contributed by atoms with E-state index in [0.717, 1.165) is 0 Å². The fourth-order valence-corrected chi connectivity index (χ4v) is 0.934. The number of aromatic nitrogens is 1. The van der Waals surface area contributed by atoms with Gasteiger partial charge in [-0.2, -0.15) is 5.26 Å². The van der Waals surface area contributed by atoms with Crippen LogP contribution in [-0.4, -0.2) is 9.91 Å². The Hall–Kier alpha value is -2.30. The van der Waals surface area contributed by atoms with Crippen LogP contribution in [0.3, 0.4) is 0 Å². The maximum Gasteiger partial charge on any atom is 0.312 e. The van der Waals surface area contributed by atoms with Gasteiger partial charge in [0.25, 0.3) is 6.43 Å². The van der Waals surface area contributed by atoms with Crippen molar-refractivity contribution in [2.24, 2.45) is 0 Å². The minimum absolute atomic E-state index is 0.550. The average Bonchev–Trinajstić information content (AvgIpc) is 2.16. The predicted octanol–water partition coefficient (Wildman–Crippen LogP) is 1.38. The van der Waals surface area contributed by atoms with E-state index < -0.39 is 34.1 Å². The molecule has 0 atom stereocenters. The summed E-state index contributed by atoms with van der Waals surface area (Å²) in [4.78, 5) is 12.6. The van der Waals surface area contributed by atoms with E-state index in [-0.39, 0.29) is 0 Å². The molecule has 1 rings (SSSR count). The van der Waals surface area contributed by atoms with Crippen LogP contribution in [0.4, 0.5) is 20.3 Å². The number of nitriles is 1. The number of hydrogen-bond acceptors (Lipinski definition) is 5. The summed E-state index contributed by atoms with van der Waals surface area (Å²) in [7, 11) is 0. The summed E-state index contributed by atoms with van der Waals surface area (Å²) in [6, 6.07) is 2.08. The van der Waals surface area contributed by atoms with Crippen LogP contribution in [0.15, 0.2) is 6.07 Å². The molecule has 1 aromatic rings. The lowest BCUT2D eigenvalue weighted by Gasteiger charge is -2.03. The molecule has 0 aliphatic carbocycles. The van der Waals surface area contributed by atoms with Crippen LogP contribution in [0.5, 0.6) is 0 Å². The van der Waals surface area contributed by atoms with Gasteiger partial charge in [-0.05, 0) is 0 Å². The van der Waals surface area contributed by atoms with Gasteiger partial charge in [-0.25, -0.2) is 13.8 Å². The highest BCUT2D eigenvalue weighted by atomic mass is 19.3. The average molecular weight is 214 g/mol. The fourth-order valence-electron chi connectivity index (χ4n) is 0.934. The molecule has 0 saturated heterocycles. The molecule has 2 N–H and O–H groups in total. The van der Waals surface area contributed by atoms with Crippen LogP contribution >= 0.6 is 0 Å². The molecular formula is C7H4F2N4O2. The van der Waals surface area contributed by atoms with Crippen LogP contribution in [0.25, 0.3) is 0 Å². The summed E-state index contributed by atoms with van der Waals surface area (Å²) < 4.78 is 24.6. The molecule has 0 fully saturated rings. The first kappa shape index (κ1) is 10.8. The van der Waals surface area contributed by atoms with Crippen LogP contribution in [0.1, 0.15) is 17.7 Å². The molecule has 78 valence electrons. The molecule has 0 unspecified atom stereocenters. The molecule has 0 spiro atoms. The molecule has 0 aromatic carbocycles. The van der Waals surface area contributed by atoms with Gasteiger partial charge in [0, 0.05) is 6.07 Å². The molecule has 0 bridgehead atoms. The van der Waals surface area contributed by atoms with E-state index in [2.05, 4.69) is 4.98 Å². The molecule has 8 heteroatoms. The summed E-state index contributed by atoms with van der Waals surface area (Å²) in [6.45, 7) is 0. The third-order valence-electron chi connectivity index (χ3n) is 1.58. The lowest BCUT2D eigenvalue weighted by molar-refractivity contribution is -0.384. The molecule has 1 heterocycles. The number of alkyl halides is 2. The minimum Gasteiger partial charge on any atom is -0.378 e. The first-order chi connectivity index (χ1) is 6.97. The second kappa shape index (κ2) is 3.83. The van der Waals surface area contributed by atoms with E-state index in [9.17, 15) is 18.9 Å². The molecule has 0 saturated carbocycles. The Labute approximate surface area is 82.1 Å². The van der Waals surface area contributed by atoms with Gasteiger partial charge in [-0.15, -0.1) is 0 Å². The zero-order valence-electron chi connectivity index (χ0n) is 7.15. The highest BCUT2D eigenvalue weighted by Crippen LogP contribution is 2.27. The van der Waals surface area contributed by atoms with E-state index in [4.69, 9.17) is 11.0 Å². The zero-order valence-corrected chi connectivity index (χ0v) is 7.15. The fraction of sp³-hybridized carbons (Fsp3) is 0.143. The number of halogens is 2. The number of nitro groups is 1. The van der Waals surface area contributed by atoms with Gasteiger partial charge in [0.05, 0.1) is 10.5 Å². The second-order valence-electron chi connectivity index (χ2n) is 2.50. The molecular weight excluding hydrogens is 210 g/mol. The Bertz CT molecular complexity index is 455. The van der Waals surface area contributed by atoms with Crippen molar-refractivity contribution in [3.63, 3.8) is 0 Å². The van der Waals surface area contributed by atoms with Crippen LogP contribution in [-0.2, 0) is 0 Å². The van der Waals surface area contributed by atoms with Crippen molar-refractivity contribution in [1.29, 1.82) is 5.26 Å². The zero-order chi connectivity index (χ0) is 11.6. The standard InChI is InChI=1S/C7H4F2N4O2/c8-6(9)5-3(2-10)1-4(13(14)15)7(11)12-5/h1,6H,(H2,11,12). The molecule has 6 nitrogen and oxygen atoms in total. The number of nitrogen functional groups attached to an aromatic ring is 1. The number of rotatable bonds is 2. The number of pyridine rings is 1. The van der Waals surface area contributed by atoms with Gasteiger partial charge >= 0.3 is 5.69 Å². The van der Waals surface area contributed by atoms with Crippen molar-refractivity contribution < 1.29 is 13.7 Å². The van der Waals surface area contributed by atoms with E-state index in [0.29, 0.717) is 6.07 Å². The predicted molar refractivity (Wildman–Crippen MR) is 45.0 cm³/mol. The highest BCUT2D eigenvalue weighted by molar-refractivity contribution is 5.57. The Morgan fingerprint density at radius 2 is 2.27 bits per heavy atom. The summed E-state index contributed by atoms with van der Waals surface area (Å²) in [5.41, 5.74) is 3.03. The molecule has 15 heavy (non-hydrogen) atoms. The molecule has 1 aromatic heterocycles. The first-order valence-corrected chi connectivity index (χ1v) is 3.60. The van der Waals surface area contributed by atoms with Gasteiger partial charge in [0.15, 0.2) is 0 Å². The largest absolute Gasteiger partial charge is 0.378 e. The topological polar surface area (TPSA) is 106 Å². The number of anilines is 1. The third-order valence-corrected chi connectivity index (χ3v) is 1.58. The Morgan fingerprint density at radius 1 is 1.67 bits per heavy atom. The monoisotopic (exact) mass is 214 g/mol. The molecule has 0 aliphatic heterocycles. The maximum atomic E-state index is 12.3. The summed E-state index contributed by atoms with van der Waals surface area (Å²) in [5, 5.41) is 18.8. The Balaban J connectivity index is 3.44. The van der Waals surface area contributed by atoms with Crippen molar-refractivity contribution in [3.05, 3.63) is 27.4 Å². The van der Waals surface area contributed by atoms with Gasteiger partial charge in [-0.3, -0.25) is 10.1 Å². The Morgan fingerprint density at radius 3 is 2.67 bits per heavy atom. The number of hydrogen-bond donors (Lipinski definition) is 1. The van der Waals surface area contributed by atoms with Crippen molar-refractivity contribution in [2.75, 3.05) is 5.73 Å². The molecule has 0 aliphatic rings. The van der Waals surface area contributed by atoms with E-state index in [1.54, 1.807) is 0 Å². The van der Waals surface area contributed by atoms with Gasteiger partial charge in [-0.1, -0.05) is 0 Å². The smallest absolute Gasteiger partial charge is 0.312 e. The van der Waals surface area contributed by atoms with Crippen molar-refractivity contribution in [2.45, 2.75) is 6.43 Å². The molecule has 0 amide bonds. The van der Waals surface area contributed by atoms with Crippen LogP contribution in [0.2, 0.25) is 0 Å².